The van der Waals surface area contributed by atoms with E-state index < -0.39 is 0 Å². The number of pyridine rings is 1. The lowest BCUT2D eigenvalue weighted by molar-refractivity contribution is 0.102. The Balaban J connectivity index is 2.27. The first-order valence-corrected chi connectivity index (χ1v) is 6.22. The Morgan fingerprint density at radius 2 is 2.17 bits per heavy atom. The molecule has 0 aliphatic heterocycles. The summed E-state index contributed by atoms with van der Waals surface area (Å²) in [5.74, 6) is -0.351. The van der Waals surface area contributed by atoms with E-state index in [1.54, 1.807) is 36.5 Å². The Morgan fingerprint density at radius 1 is 1.39 bits per heavy atom. The number of halogens is 2. The van der Waals surface area contributed by atoms with Crippen LogP contribution in [0.15, 0.2) is 41.0 Å². The van der Waals surface area contributed by atoms with Crippen LogP contribution in [0.3, 0.4) is 0 Å². The topological polar surface area (TPSA) is 68.0 Å². The lowest BCUT2D eigenvalue weighted by atomic mass is 10.2. The summed E-state index contributed by atoms with van der Waals surface area (Å²) in [5.41, 5.74) is 6.94. The van der Waals surface area contributed by atoms with Crippen molar-refractivity contribution >= 4 is 44.8 Å². The standard InChI is InChI=1S/C12H9BrClN3O/c13-8-2-1-5-16-11(8)12(18)17-10-6-7(14)3-4-9(10)15/h1-6H,15H2,(H,17,18). The Bertz CT molecular complexity index is 604. The summed E-state index contributed by atoms with van der Waals surface area (Å²) in [5, 5.41) is 3.17. The fraction of sp³-hybridized carbons (Fsp3) is 0. The van der Waals surface area contributed by atoms with Gasteiger partial charge in [-0.25, -0.2) is 4.98 Å². The molecule has 2 aromatic rings. The predicted octanol–water partition coefficient (Wildman–Crippen LogP) is 3.33. The van der Waals surface area contributed by atoms with Crippen molar-refractivity contribution in [1.82, 2.24) is 4.98 Å². The summed E-state index contributed by atoms with van der Waals surface area (Å²) in [4.78, 5) is 16.0. The lowest BCUT2D eigenvalue weighted by Gasteiger charge is -2.08. The van der Waals surface area contributed by atoms with Crippen molar-refractivity contribution in [3.05, 3.63) is 51.7 Å². The number of hydrogen-bond donors (Lipinski definition) is 2. The van der Waals surface area contributed by atoms with Crippen molar-refractivity contribution in [3.8, 4) is 0 Å². The maximum absolute atomic E-state index is 12.0. The molecule has 0 saturated heterocycles. The van der Waals surface area contributed by atoms with Gasteiger partial charge in [0, 0.05) is 15.7 Å². The van der Waals surface area contributed by atoms with Crippen molar-refractivity contribution in [1.29, 1.82) is 0 Å². The maximum atomic E-state index is 12.0. The molecule has 18 heavy (non-hydrogen) atoms. The maximum Gasteiger partial charge on any atom is 0.275 e. The Hall–Kier alpha value is -1.59. The van der Waals surface area contributed by atoms with Gasteiger partial charge in [-0.2, -0.15) is 0 Å². The number of aromatic nitrogens is 1. The normalized spacial score (nSPS) is 10.1. The number of carbonyl (C=O) groups is 1. The molecule has 0 atom stereocenters. The van der Waals surface area contributed by atoms with Gasteiger partial charge >= 0.3 is 0 Å². The molecule has 0 radical (unpaired) electrons. The van der Waals surface area contributed by atoms with Crippen LogP contribution in [0.4, 0.5) is 11.4 Å². The lowest BCUT2D eigenvalue weighted by Crippen LogP contribution is -2.15. The highest BCUT2D eigenvalue weighted by Gasteiger charge is 2.12. The van der Waals surface area contributed by atoms with Gasteiger partial charge in [-0.3, -0.25) is 4.79 Å². The second-order valence-electron chi connectivity index (χ2n) is 3.52. The van der Waals surface area contributed by atoms with E-state index in [-0.39, 0.29) is 11.6 Å². The van der Waals surface area contributed by atoms with Gasteiger partial charge in [0.1, 0.15) is 5.69 Å². The smallest absolute Gasteiger partial charge is 0.275 e. The van der Waals surface area contributed by atoms with Crippen LogP contribution in [0.1, 0.15) is 10.5 Å². The van der Waals surface area contributed by atoms with Gasteiger partial charge in [0.05, 0.1) is 11.4 Å². The number of nitrogens with two attached hydrogens (primary N) is 1. The van der Waals surface area contributed by atoms with Crippen molar-refractivity contribution in [2.24, 2.45) is 0 Å². The molecule has 3 N–H and O–H groups in total. The number of rotatable bonds is 2. The second kappa shape index (κ2) is 5.37. The second-order valence-corrected chi connectivity index (χ2v) is 4.81. The minimum absolute atomic E-state index is 0.289. The summed E-state index contributed by atoms with van der Waals surface area (Å²) in [6.45, 7) is 0. The molecular weight excluding hydrogens is 318 g/mol. The average Bonchev–Trinajstić information content (AvgIpc) is 2.34. The first-order chi connectivity index (χ1) is 8.58. The third-order valence-electron chi connectivity index (χ3n) is 2.24. The molecule has 92 valence electrons. The molecule has 0 aliphatic rings. The Labute approximate surface area is 117 Å². The van der Waals surface area contributed by atoms with E-state index >= 15 is 0 Å². The molecular formula is C12H9BrClN3O. The van der Waals surface area contributed by atoms with Crippen LogP contribution >= 0.6 is 27.5 Å². The highest BCUT2D eigenvalue weighted by Crippen LogP contribution is 2.24. The van der Waals surface area contributed by atoms with Gasteiger partial charge in [-0.05, 0) is 46.3 Å². The molecule has 6 heteroatoms. The number of nitrogen functional groups attached to an aromatic ring is 1. The largest absolute Gasteiger partial charge is 0.397 e. The monoisotopic (exact) mass is 325 g/mol. The van der Waals surface area contributed by atoms with Crippen LogP contribution in [-0.4, -0.2) is 10.9 Å². The number of benzene rings is 1. The molecule has 0 saturated carbocycles. The van der Waals surface area contributed by atoms with E-state index in [2.05, 4.69) is 26.2 Å². The summed E-state index contributed by atoms with van der Waals surface area (Å²) in [7, 11) is 0. The fourth-order valence-corrected chi connectivity index (χ4v) is 1.98. The minimum atomic E-state index is -0.351. The van der Waals surface area contributed by atoms with Gasteiger partial charge in [0.2, 0.25) is 0 Å². The first-order valence-electron chi connectivity index (χ1n) is 5.05. The quantitative estimate of drug-likeness (QED) is 0.832. The zero-order valence-corrected chi connectivity index (χ0v) is 11.5. The summed E-state index contributed by atoms with van der Waals surface area (Å²) >= 11 is 9.11. The zero-order chi connectivity index (χ0) is 13.1. The van der Waals surface area contributed by atoms with E-state index in [0.29, 0.717) is 20.9 Å². The summed E-state index contributed by atoms with van der Waals surface area (Å²) in [6.07, 6.45) is 1.54. The molecule has 0 aliphatic carbocycles. The highest BCUT2D eigenvalue weighted by atomic mass is 79.9. The fourth-order valence-electron chi connectivity index (χ4n) is 1.37. The number of nitrogens with zero attached hydrogens (tertiary/aromatic N) is 1. The summed E-state index contributed by atoms with van der Waals surface area (Å²) < 4.78 is 0.614. The number of carbonyl (C=O) groups excluding carboxylic acids is 1. The van der Waals surface area contributed by atoms with Crippen LogP contribution < -0.4 is 11.1 Å². The molecule has 0 spiro atoms. The van der Waals surface area contributed by atoms with E-state index in [1.807, 2.05) is 0 Å². The molecule has 0 bridgehead atoms. The van der Waals surface area contributed by atoms with Crippen molar-refractivity contribution in [3.63, 3.8) is 0 Å². The zero-order valence-electron chi connectivity index (χ0n) is 9.15. The Morgan fingerprint density at radius 3 is 2.89 bits per heavy atom. The van der Waals surface area contributed by atoms with Gasteiger partial charge in [-0.1, -0.05) is 11.6 Å². The van der Waals surface area contributed by atoms with Crippen LogP contribution in [0.2, 0.25) is 5.02 Å². The van der Waals surface area contributed by atoms with Crippen LogP contribution in [0.5, 0.6) is 0 Å². The number of hydrogen-bond acceptors (Lipinski definition) is 3. The first kappa shape index (κ1) is 12.9. The van der Waals surface area contributed by atoms with Crippen LogP contribution in [0, 0.1) is 0 Å². The number of nitrogens with one attached hydrogen (secondary N) is 1. The molecule has 0 unspecified atom stereocenters. The molecule has 1 aromatic heterocycles. The SMILES string of the molecule is Nc1ccc(Cl)cc1NC(=O)c1ncccc1Br. The van der Waals surface area contributed by atoms with E-state index in [9.17, 15) is 4.79 Å². The van der Waals surface area contributed by atoms with E-state index in [1.165, 1.54) is 0 Å². The molecule has 4 nitrogen and oxygen atoms in total. The van der Waals surface area contributed by atoms with E-state index in [4.69, 9.17) is 17.3 Å². The van der Waals surface area contributed by atoms with Gasteiger partial charge in [0.15, 0.2) is 0 Å². The number of anilines is 2. The average molecular weight is 327 g/mol. The van der Waals surface area contributed by atoms with Crippen molar-refractivity contribution in [2.75, 3.05) is 11.1 Å². The third kappa shape index (κ3) is 2.80. The van der Waals surface area contributed by atoms with Crippen molar-refractivity contribution < 1.29 is 4.79 Å². The van der Waals surface area contributed by atoms with Crippen molar-refractivity contribution in [2.45, 2.75) is 0 Å². The molecule has 1 aromatic carbocycles. The number of amides is 1. The van der Waals surface area contributed by atoms with Crippen LogP contribution in [-0.2, 0) is 0 Å². The van der Waals surface area contributed by atoms with Gasteiger partial charge in [0.25, 0.3) is 5.91 Å². The molecule has 2 rings (SSSR count). The third-order valence-corrected chi connectivity index (χ3v) is 3.11. The molecule has 1 amide bonds. The highest BCUT2D eigenvalue weighted by molar-refractivity contribution is 9.10. The van der Waals surface area contributed by atoms with Gasteiger partial charge in [-0.15, -0.1) is 0 Å². The summed E-state index contributed by atoms with van der Waals surface area (Å²) in [6, 6.07) is 8.35. The Kier molecular flexibility index (Phi) is 3.84. The molecule has 0 fully saturated rings. The predicted molar refractivity (Wildman–Crippen MR) is 75.8 cm³/mol. The van der Waals surface area contributed by atoms with E-state index in [0.717, 1.165) is 0 Å². The minimum Gasteiger partial charge on any atom is -0.397 e. The van der Waals surface area contributed by atoms with Gasteiger partial charge < -0.3 is 11.1 Å². The van der Waals surface area contributed by atoms with Crippen LogP contribution in [0.25, 0.3) is 0 Å². The molecule has 1 heterocycles.